The summed E-state index contributed by atoms with van der Waals surface area (Å²) in [6.45, 7) is 1.59. The quantitative estimate of drug-likeness (QED) is 0.355. The van der Waals surface area contributed by atoms with E-state index in [1.54, 1.807) is 37.3 Å². The number of carbonyl (C=O) groups excluding carboxylic acids is 2. The smallest absolute Gasteiger partial charge is 0.326 e. The van der Waals surface area contributed by atoms with E-state index < -0.39 is 28.7 Å². The summed E-state index contributed by atoms with van der Waals surface area (Å²) in [5.74, 6) is -2.62. The Hall–Kier alpha value is -4.01. The molecule has 0 aromatic heterocycles. The second-order valence-corrected chi connectivity index (χ2v) is 6.00. The minimum absolute atomic E-state index is 0.137. The minimum atomic E-state index is -1.22. The Kier molecular flexibility index (Phi) is 7.19. The van der Waals surface area contributed by atoms with Crippen LogP contribution < -0.4 is 10.6 Å². The maximum atomic E-state index is 12.6. The molecular formula is C20H19N3O6. The van der Waals surface area contributed by atoms with Crippen molar-refractivity contribution in [2.45, 2.75) is 19.4 Å². The summed E-state index contributed by atoms with van der Waals surface area (Å²) in [5, 5.41) is 24.9. The molecule has 1 atom stereocenters. The second kappa shape index (κ2) is 9.79. The number of carboxylic acids is 1. The zero-order valence-corrected chi connectivity index (χ0v) is 15.5. The molecular weight excluding hydrogens is 378 g/mol. The Morgan fingerprint density at radius 3 is 2.41 bits per heavy atom. The Morgan fingerprint density at radius 2 is 1.83 bits per heavy atom. The molecule has 0 saturated carbocycles. The van der Waals surface area contributed by atoms with Crippen LogP contribution in [0, 0.1) is 10.1 Å². The van der Waals surface area contributed by atoms with Gasteiger partial charge in [0.1, 0.15) is 11.7 Å². The Morgan fingerprint density at radius 1 is 1.14 bits per heavy atom. The molecule has 2 amide bonds. The topological polar surface area (TPSA) is 139 Å². The van der Waals surface area contributed by atoms with Gasteiger partial charge in [0.15, 0.2) is 0 Å². The van der Waals surface area contributed by atoms with Crippen LogP contribution in [0.2, 0.25) is 0 Å². The molecule has 2 aromatic rings. The molecule has 150 valence electrons. The number of nitrogens with one attached hydrogen (secondary N) is 2. The van der Waals surface area contributed by atoms with Crippen LogP contribution in [-0.2, 0) is 9.59 Å². The van der Waals surface area contributed by atoms with E-state index in [-0.39, 0.29) is 23.4 Å². The molecule has 0 aliphatic carbocycles. The normalized spacial score (nSPS) is 12.0. The molecule has 0 radical (unpaired) electrons. The molecule has 0 heterocycles. The van der Waals surface area contributed by atoms with Crippen molar-refractivity contribution in [3.8, 4) is 0 Å². The molecule has 0 aliphatic rings. The van der Waals surface area contributed by atoms with Gasteiger partial charge in [-0.05, 0) is 30.2 Å². The second-order valence-electron chi connectivity index (χ2n) is 6.00. The number of amides is 2. The molecule has 0 bridgehead atoms. The van der Waals surface area contributed by atoms with E-state index in [9.17, 15) is 24.5 Å². The fourth-order valence-corrected chi connectivity index (χ4v) is 2.41. The first-order valence-corrected chi connectivity index (χ1v) is 8.68. The number of carbonyl (C=O) groups is 3. The van der Waals surface area contributed by atoms with E-state index in [2.05, 4.69) is 10.6 Å². The van der Waals surface area contributed by atoms with Gasteiger partial charge < -0.3 is 15.7 Å². The van der Waals surface area contributed by atoms with Crippen molar-refractivity contribution in [1.29, 1.82) is 0 Å². The van der Waals surface area contributed by atoms with Crippen molar-refractivity contribution in [1.82, 2.24) is 10.6 Å². The van der Waals surface area contributed by atoms with Crippen molar-refractivity contribution < 1.29 is 24.4 Å². The third-order valence-corrected chi connectivity index (χ3v) is 3.93. The van der Waals surface area contributed by atoms with Crippen LogP contribution >= 0.6 is 0 Å². The van der Waals surface area contributed by atoms with Crippen LogP contribution in [0.3, 0.4) is 0 Å². The minimum Gasteiger partial charge on any atom is -0.480 e. The summed E-state index contributed by atoms with van der Waals surface area (Å²) < 4.78 is 0. The van der Waals surface area contributed by atoms with Gasteiger partial charge in [0, 0.05) is 17.7 Å². The largest absolute Gasteiger partial charge is 0.480 e. The number of nitro groups is 1. The molecule has 29 heavy (non-hydrogen) atoms. The molecule has 0 unspecified atom stereocenters. The number of aliphatic carboxylic acids is 1. The van der Waals surface area contributed by atoms with Crippen molar-refractivity contribution in [3.05, 3.63) is 81.5 Å². The Labute approximate surface area is 166 Å². The number of non-ortho nitro benzene ring substituents is 1. The monoisotopic (exact) mass is 397 g/mol. The number of rotatable bonds is 8. The average Bonchev–Trinajstić information content (AvgIpc) is 2.71. The Bertz CT molecular complexity index is 956. The number of nitrogens with zero attached hydrogens (tertiary/aromatic N) is 1. The van der Waals surface area contributed by atoms with Crippen molar-refractivity contribution in [2.24, 2.45) is 0 Å². The number of carboxylic acid groups (broad SMARTS) is 1. The van der Waals surface area contributed by atoms with Gasteiger partial charge in [-0.15, -0.1) is 0 Å². The van der Waals surface area contributed by atoms with E-state index in [4.69, 9.17) is 5.11 Å². The summed E-state index contributed by atoms with van der Waals surface area (Å²) in [5.41, 5.74) is 0.153. The van der Waals surface area contributed by atoms with Crippen LogP contribution in [0.1, 0.15) is 29.3 Å². The fraction of sp³-hybridized carbons (Fsp3) is 0.150. The van der Waals surface area contributed by atoms with Crippen molar-refractivity contribution in [2.75, 3.05) is 0 Å². The molecule has 3 N–H and O–H groups in total. The highest BCUT2D eigenvalue weighted by Crippen LogP contribution is 2.16. The number of hydrogen-bond donors (Lipinski definition) is 3. The maximum Gasteiger partial charge on any atom is 0.326 e. The molecule has 0 aliphatic heterocycles. The maximum absolute atomic E-state index is 12.6. The summed E-state index contributed by atoms with van der Waals surface area (Å²) >= 11 is 0. The van der Waals surface area contributed by atoms with Crippen molar-refractivity contribution in [3.63, 3.8) is 0 Å². The van der Waals surface area contributed by atoms with Gasteiger partial charge in [0.05, 0.1) is 4.92 Å². The summed E-state index contributed by atoms with van der Waals surface area (Å²) in [4.78, 5) is 46.7. The van der Waals surface area contributed by atoms with Gasteiger partial charge in [0.25, 0.3) is 17.5 Å². The molecule has 0 fully saturated rings. The summed E-state index contributed by atoms with van der Waals surface area (Å²) in [7, 11) is 0. The van der Waals surface area contributed by atoms with E-state index in [1.807, 2.05) is 0 Å². The first-order valence-electron chi connectivity index (χ1n) is 8.68. The summed E-state index contributed by atoms with van der Waals surface area (Å²) in [6, 6.07) is 12.4. The van der Waals surface area contributed by atoms with E-state index in [0.29, 0.717) is 5.56 Å². The lowest BCUT2D eigenvalue weighted by Gasteiger charge is -2.15. The summed E-state index contributed by atoms with van der Waals surface area (Å²) in [6.07, 6.45) is 1.38. The van der Waals surface area contributed by atoms with Crippen LogP contribution in [0.25, 0.3) is 6.08 Å². The number of hydrogen-bond acceptors (Lipinski definition) is 5. The van der Waals surface area contributed by atoms with Gasteiger partial charge in [-0.2, -0.15) is 0 Å². The molecule has 2 aromatic carbocycles. The zero-order chi connectivity index (χ0) is 21.4. The highest BCUT2D eigenvalue weighted by Gasteiger charge is 2.22. The van der Waals surface area contributed by atoms with Crippen LogP contribution in [0.15, 0.2) is 60.3 Å². The third-order valence-electron chi connectivity index (χ3n) is 3.93. The lowest BCUT2D eigenvalue weighted by atomic mass is 10.1. The Balaban J connectivity index is 2.37. The highest BCUT2D eigenvalue weighted by molar-refractivity contribution is 6.06. The average molecular weight is 397 g/mol. The van der Waals surface area contributed by atoms with Crippen molar-refractivity contribution >= 4 is 29.5 Å². The molecule has 9 nitrogen and oxygen atoms in total. The molecule has 9 heteroatoms. The lowest BCUT2D eigenvalue weighted by Crippen LogP contribution is -2.44. The first kappa shape index (κ1) is 21.3. The predicted octanol–water partition coefficient (Wildman–Crippen LogP) is 2.35. The zero-order valence-electron chi connectivity index (χ0n) is 15.5. The number of nitro benzene ring substituents is 1. The number of benzene rings is 2. The molecule has 0 saturated heterocycles. The predicted molar refractivity (Wildman–Crippen MR) is 105 cm³/mol. The van der Waals surface area contributed by atoms with Crippen LogP contribution in [-0.4, -0.2) is 33.9 Å². The SMILES string of the molecule is CC[C@@H](NC(=O)/C(=C/c1cccc([N+](=O)[O-])c1)NC(=O)c1ccccc1)C(=O)O. The van der Waals surface area contributed by atoms with E-state index in [1.165, 1.54) is 30.3 Å². The van der Waals surface area contributed by atoms with Crippen LogP contribution in [0.5, 0.6) is 0 Å². The van der Waals surface area contributed by atoms with E-state index in [0.717, 1.165) is 0 Å². The van der Waals surface area contributed by atoms with Gasteiger partial charge in [-0.3, -0.25) is 19.7 Å². The van der Waals surface area contributed by atoms with Gasteiger partial charge in [-0.25, -0.2) is 4.79 Å². The van der Waals surface area contributed by atoms with Gasteiger partial charge in [-0.1, -0.05) is 37.3 Å². The third kappa shape index (κ3) is 5.99. The standard InChI is InChI=1S/C20H19N3O6/c1-2-16(20(26)27)21-19(25)17(22-18(24)14-8-4-3-5-9-14)12-13-7-6-10-15(11-13)23(28)29/h3-12,16H,2H2,1H3,(H,21,25)(H,22,24)(H,26,27)/b17-12-/t16-/m1/s1. The fourth-order valence-electron chi connectivity index (χ4n) is 2.41. The van der Waals surface area contributed by atoms with Gasteiger partial charge >= 0.3 is 5.97 Å². The lowest BCUT2D eigenvalue weighted by molar-refractivity contribution is -0.384. The highest BCUT2D eigenvalue weighted by atomic mass is 16.6. The molecule has 2 rings (SSSR count). The molecule has 0 spiro atoms. The first-order chi connectivity index (χ1) is 13.8. The van der Waals surface area contributed by atoms with E-state index >= 15 is 0 Å². The van der Waals surface area contributed by atoms with Gasteiger partial charge in [0.2, 0.25) is 0 Å². The van der Waals surface area contributed by atoms with Crippen LogP contribution in [0.4, 0.5) is 5.69 Å².